The SMILES string of the molecule is CCNCCCc1ccc(Oc2c(C(=O)c3ccc(F)cc3C)sc3cc(O)ccc23)cc1. The van der Waals surface area contributed by atoms with Crippen LogP contribution in [0.25, 0.3) is 10.1 Å². The van der Waals surface area contributed by atoms with Crippen LogP contribution in [0.4, 0.5) is 4.39 Å². The predicted molar refractivity (Wildman–Crippen MR) is 131 cm³/mol. The van der Waals surface area contributed by atoms with Gasteiger partial charge in [-0.15, -0.1) is 11.3 Å². The molecule has 6 heteroatoms. The number of rotatable bonds is 9. The van der Waals surface area contributed by atoms with Gasteiger partial charge < -0.3 is 15.2 Å². The third kappa shape index (κ3) is 5.24. The first kappa shape index (κ1) is 23.0. The van der Waals surface area contributed by atoms with Crippen molar-refractivity contribution in [2.24, 2.45) is 0 Å². The van der Waals surface area contributed by atoms with Gasteiger partial charge in [0.2, 0.25) is 5.78 Å². The van der Waals surface area contributed by atoms with E-state index in [2.05, 4.69) is 12.2 Å². The standard InChI is InChI=1S/C27H26FNO3S/c1-3-29-14-4-5-18-6-10-21(11-7-18)32-26-23-13-9-20(30)16-24(23)33-27(26)25(31)22-12-8-19(28)15-17(22)2/h6-13,15-16,29-30H,3-5,14H2,1-2H3. The molecule has 33 heavy (non-hydrogen) atoms. The zero-order valence-corrected chi connectivity index (χ0v) is 19.5. The maximum Gasteiger partial charge on any atom is 0.207 e. The molecule has 0 bridgehead atoms. The van der Waals surface area contributed by atoms with Crippen molar-refractivity contribution in [1.29, 1.82) is 0 Å². The molecule has 0 saturated carbocycles. The Morgan fingerprint density at radius 3 is 2.61 bits per heavy atom. The molecule has 4 aromatic rings. The number of ketones is 1. The molecule has 4 nitrogen and oxygen atoms in total. The molecule has 1 aromatic heterocycles. The highest BCUT2D eigenvalue weighted by Crippen LogP contribution is 2.43. The number of halogens is 1. The Hall–Kier alpha value is -3.22. The number of phenols is 1. The average molecular weight is 464 g/mol. The van der Waals surface area contributed by atoms with E-state index in [0.29, 0.717) is 27.5 Å². The largest absolute Gasteiger partial charge is 0.508 e. The number of hydrogen-bond donors (Lipinski definition) is 2. The number of ether oxygens (including phenoxy) is 1. The predicted octanol–water partition coefficient (Wildman–Crippen LogP) is 6.62. The summed E-state index contributed by atoms with van der Waals surface area (Å²) >= 11 is 1.26. The van der Waals surface area contributed by atoms with Crippen LogP contribution in [0.15, 0.2) is 60.7 Å². The summed E-state index contributed by atoms with van der Waals surface area (Å²) in [5.74, 6) is 0.580. The van der Waals surface area contributed by atoms with Gasteiger partial charge in [-0.25, -0.2) is 4.39 Å². The molecular formula is C27H26FNO3S. The van der Waals surface area contributed by atoms with Crippen molar-refractivity contribution in [3.8, 4) is 17.2 Å². The van der Waals surface area contributed by atoms with Crippen molar-refractivity contribution in [2.75, 3.05) is 13.1 Å². The van der Waals surface area contributed by atoms with Crippen molar-refractivity contribution < 1.29 is 19.0 Å². The number of carbonyl (C=O) groups is 1. The van der Waals surface area contributed by atoms with Gasteiger partial charge in [0, 0.05) is 15.6 Å². The molecule has 0 amide bonds. The summed E-state index contributed by atoms with van der Waals surface area (Å²) < 4.78 is 20.5. The summed E-state index contributed by atoms with van der Waals surface area (Å²) in [6, 6.07) is 17.0. The van der Waals surface area contributed by atoms with Crippen LogP contribution in [-0.4, -0.2) is 24.0 Å². The summed E-state index contributed by atoms with van der Waals surface area (Å²) in [6.07, 6.45) is 2.03. The van der Waals surface area contributed by atoms with E-state index in [1.807, 2.05) is 24.3 Å². The molecule has 0 fully saturated rings. The summed E-state index contributed by atoms with van der Waals surface area (Å²) in [5.41, 5.74) is 2.21. The van der Waals surface area contributed by atoms with Crippen molar-refractivity contribution in [1.82, 2.24) is 5.32 Å². The van der Waals surface area contributed by atoms with E-state index < -0.39 is 0 Å². The number of fused-ring (bicyclic) bond motifs is 1. The Bertz CT molecular complexity index is 1280. The smallest absolute Gasteiger partial charge is 0.207 e. The highest BCUT2D eigenvalue weighted by atomic mass is 32.1. The van der Waals surface area contributed by atoms with Gasteiger partial charge in [-0.05, 0) is 92.5 Å². The lowest BCUT2D eigenvalue weighted by molar-refractivity contribution is 0.104. The normalized spacial score (nSPS) is 11.1. The fourth-order valence-electron chi connectivity index (χ4n) is 3.75. The van der Waals surface area contributed by atoms with Gasteiger partial charge in [-0.2, -0.15) is 0 Å². The lowest BCUT2D eigenvalue weighted by Crippen LogP contribution is -2.14. The first-order chi connectivity index (χ1) is 16.0. The second-order valence-electron chi connectivity index (χ2n) is 7.93. The third-order valence-corrected chi connectivity index (χ3v) is 6.61. The number of aromatic hydroxyl groups is 1. The van der Waals surface area contributed by atoms with Crippen molar-refractivity contribution in [2.45, 2.75) is 26.7 Å². The molecule has 2 N–H and O–H groups in total. The van der Waals surface area contributed by atoms with Gasteiger partial charge in [0.25, 0.3) is 0 Å². The zero-order valence-electron chi connectivity index (χ0n) is 18.7. The number of phenolic OH excluding ortho intramolecular Hbond substituents is 1. The first-order valence-electron chi connectivity index (χ1n) is 11.0. The minimum absolute atomic E-state index is 0.120. The van der Waals surface area contributed by atoms with E-state index in [4.69, 9.17) is 4.74 Å². The molecule has 0 aliphatic carbocycles. The lowest BCUT2D eigenvalue weighted by Gasteiger charge is -2.10. The second-order valence-corrected chi connectivity index (χ2v) is 8.98. The van der Waals surface area contributed by atoms with Crippen molar-refractivity contribution >= 4 is 27.2 Å². The summed E-state index contributed by atoms with van der Waals surface area (Å²) in [4.78, 5) is 13.8. The minimum atomic E-state index is -0.382. The fraction of sp³-hybridized carbons (Fsp3) is 0.222. The van der Waals surface area contributed by atoms with Crippen LogP contribution in [0.5, 0.6) is 17.2 Å². The van der Waals surface area contributed by atoms with Crippen LogP contribution >= 0.6 is 11.3 Å². The van der Waals surface area contributed by atoms with Crippen molar-refractivity contribution in [3.05, 3.63) is 88.0 Å². The van der Waals surface area contributed by atoms with E-state index in [0.717, 1.165) is 36.0 Å². The Morgan fingerprint density at radius 1 is 1.09 bits per heavy atom. The topological polar surface area (TPSA) is 58.6 Å². The monoisotopic (exact) mass is 463 g/mol. The van der Waals surface area contributed by atoms with E-state index >= 15 is 0 Å². The molecule has 0 radical (unpaired) electrons. The maximum atomic E-state index is 13.6. The molecule has 0 aliphatic rings. The average Bonchev–Trinajstić information content (AvgIpc) is 3.14. The molecule has 1 heterocycles. The molecule has 0 saturated heterocycles. The van der Waals surface area contributed by atoms with Gasteiger partial charge in [0.15, 0.2) is 5.75 Å². The highest BCUT2D eigenvalue weighted by Gasteiger charge is 2.23. The molecule has 3 aromatic carbocycles. The molecule has 170 valence electrons. The Balaban J connectivity index is 1.66. The maximum absolute atomic E-state index is 13.6. The highest BCUT2D eigenvalue weighted by molar-refractivity contribution is 7.21. The Labute approximate surface area is 196 Å². The molecule has 0 atom stereocenters. The summed E-state index contributed by atoms with van der Waals surface area (Å²) in [5, 5.41) is 14.0. The van der Waals surface area contributed by atoms with Gasteiger partial charge in [-0.3, -0.25) is 4.79 Å². The molecule has 0 unspecified atom stereocenters. The number of carbonyl (C=O) groups excluding carboxylic acids is 1. The molecular weight excluding hydrogens is 437 g/mol. The van der Waals surface area contributed by atoms with E-state index in [9.17, 15) is 14.3 Å². The van der Waals surface area contributed by atoms with Gasteiger partial charge in [0.1, 0.15) is 22.2 Å². The van der Waals surface area contributed by atoms with E-state index in [1.165, 1.54) is 35.1 Å². The van der Waals surface area contributed by atoms with Crippen LogP contribution in [0.3, 0.4) is 0 Å². The van der Waals surface area contributed by atoms with Crippen molar-refractivity contribution in [3.63, 3.8) is 0 Å². The number of thiophene rings is 1. The second kappa shape index (κ2) is 10.1. The van der Waals surface area contributed by atoms with Crippen LogP contribution in [0.2, 0.25) is 0 Å². The van der Waals surface area contributed by atoms with Crippen LogP contribution in [0, 0.1) is 12.7 Å². The van der Waals surface area contributed by atoms with E-state index in [1.54, 1.807) is 25.1 Å². The summed E-state index contributed by atoms with van der Waals surface area (Å²) in [6.45, 7) is 5.76. The lowest BCUT2D eigenvalue weighted by atomic mass is 10.0. The number of aryl methyl sites for hydroxylation is 2. The first-order valence-corrected chi connectivity index (χ1v) is 11.8. The molecule has 0 spiro atoms. The van der Waals surface area contributed by atoms with Gasteiger partial charge in [0.05, 0.1) is 0 Å². The number of nitrogens with one attached hydrogen (secondary N) is 1. The minimum Gasteiger partial charge on any atom is -0.508 e. The van der Waals surface area contributed by atoms with Crippen LogP contribution in [-0.2, 0) is 6.42 Å². The molecule has 0 aliphatic heterocycles. The number of hydrogen-bond acceptors (Lipinski definition) is 5. The third-order valence-electron chi connectivity index (χ3n) is 5.48. The van der Waals surface area contributed by atoms with E-state index in [-0.39, 0.29) is 17.3 Å². The zero-order chi connectivity index (χ0) is 23.4. The van der Waals surface area contributed by atoms with Crippen LogP contribution in [0.1, 0.15) is 39.7 Å². The van der Waals surface area contributed by atoms with Gasteiger partial charge >= 0.3 is 0 Å². The Kier molecular flexibility index (Phi) is 7.06. The fourth-order valence-corrected chi connectivity index (χ4v) is 4.87. The van der Waals surface area contributed by atoms with Crippen LogP contribution < -0.4 is 10.1 Å². The summed E-state index contributed by atoms with van der Waals surface area (Å²) in [7, 11) is 0. The number of benzene rings is 3. The quantitative estimate of drug-likeness (QED) is 0.216. The Morgan fingerprint density at radius 2 is 1.88 bits per heavy atom. The molecule has 4 rings (SSSR count). The van der Waals surface area contributed by atoms with Gasteiger partial charge in [-0.1, -0.05) is 19.1 Å².